The molecule has 0 aromatic heterocycles. The molecule has 0 radical (unpaired) electrons. The highest BCUT2D eigenvalue weighted by Crippen LogP contribution is 2.25. The van der Waals surface area contributed by atoms with Crippen molar-refractivity contribution >= 4 is 11.6 Å². The molecule has 2 aromatic rings. The average molecular weight is 278 g/mol. The molecule has 0 fully saturated rings. The van der Waals surface area contributed by atoms with Crippen molar-refractivity contribution in [2.75, 3.05) is 0 Å². The largest absolute Gasteiger partial charge is 0.310 e. The van der Waals surface area contributed by atoms with Gasteiger partial charge in [-0.3, -0.25) is 0 Å². The number of nitrogens with one attached hydrogen (secondary N) is 1. The monoisotopic (exact) mass is 277 g/mol. The first-order valence-electron chi connectivity index (χ1n) is 6.34. The van der Waals surface area contributed by atoms with Crippen LogP contribution in [-0.2, 0) is 6.54 Å². The Morgan fingerprint density at radius 3 is 2.53 bits per heavy atom. The van der Waals surface area contributed by atoms with E-state index in [1.54, 1.807) is 12.1 Å². The van der Waals surface area contributed by atoms with E-state index < -0.39 is 0 Å². The fraction of sp³-hybridized carbons (Fsp3) is 0.250. The third kappa shape index (κ3) is 3.79. The van der Waals surface area contributed by atoms with E-state index in [4.69, 9.17) is 11.6 Å². The minimum atomic E-state index is -0.386. The number of hydrogen-bond acceptors (Lipinski definition) is 1. The Kier molecular flexibility index (Phi) is 4.56. The van der Waals surface area contributed by atoms with Crippen LogP contribution in [0.3, 0.4) is 0 Å². The lowest BCUT2D eigenvalue weighted by Crippen LogP contribution is -2.21. The smallest absolute Gasteiger partial charge is 0.141 e. The first kappa shape index (κ1) is 14.0. The summed E-state index contributed by atoms with van der Waals surface area (Å²) in [5.41, 5.74) is 3.18. The molecule has 1 nitrogen and oxygen atoms in total. The van der Waals surface area contributed by atoms with Crippen LogP contribution in [0, 0.1) is 5.82 Å². The molecular formula is C16H17ClFN. The van der Waals surface area contributed by atoms with Crippen LogP contribution in [-0.4, -0.2) is 6.04 Å². The van der Waals surface area contributed by atoms with E-state index in [-0.39, 0.29) is 10.8 Å². The molecule has 0 bridgehead atoms. The molecule has 0 aliphatic heterocycles. The van der Waals surface area contributed by atoms with Crippen LogP contribution >= 0.6 is 11.6 Å². The normalized spacial score (nSPS) is 11.0. The average Bonchev–Trinajstić information content (AvgIpc) is 2.40. The van der Waals surface area contributed by atoms with E-state index >= 15 is 0 Å². The van der Waals surface area contributed by atoms with Crippen LogP contribution in [0.4, 0.5) is 4.39 Å². The Bertz CT molecular complexity index is 566. The third-order valence-corrected chi connectivity index (χ3v) is 3.18. The van der Waals surface area contributed by atoms with Crippen LogP contribution in [0.1, 0.15) is 19.4 Å². The molecule has 0 spiro atoms. The molecule has 0 heterocycles. The van der Waals surface area contributed by atoms with E-state index in [2.05, 4.69) is 31.3 Å². The van der Waals surface area contributed by atoms with Gasteiger partial charge in [-0.05, 0) is 34.9 Å². The zero-order valence-electron chi connectivity index (χ0n) is 11.1. The van der Waals surface area contributed by atoms with Crippen LogP contribution in [0.2, 0.25) is 5.02 Å². The topological polar surface area (TPSA) is 12.0 Å². The molecule has 19 heavy (non-hydrogen) atoms. The number of hydrogen-bond donors (Lipinski definition) is 1. The fourth-order valence-corrected chi connectivity index (χ4v) is 2.04. The summed E-state index contributed by atoms with van der Waals surface area (Å²) in [5.74, 6) is -0.386. The van der Waals surface area contributed by atoms with Gasteiger partial charge in [0.2, 0.25) is 0 Å². The summed E-state index contributed by atoms with van der Waals surface area (Å²) < 4.78 is 13.2. The SMILES string of the molecule is CC(C)NCc1cccc(-c2ccc(F)c(Cl)c2)c1. The Labute approximate surface area is 118 Å². The summed E-state index contributed by atoms with van der Waals surface area (Å²) in [5, 5.41) is 3.53. The Morgan fingerprint density at radius 2 is 1.84 bits per heavy atom. The molecule has 100 valence electrons. The zero-order valence-corrected chi connectivity index (χ0v) is 11.8. The Morgan fingerprint density at radius 1 is 1.11 bits per heavy atom. The highest BCUT2D eigenvalue weighted by molar-refractivity contribution is 6.31. The summed E-state index contributed by atoms with van der Waals surface area (Å²) in [6.45, 7) is 5.05. The van der Waals surface area contributed by atoms with Crippen molar-refractivity contribution in [3.63, 3.8) is 0 Å². The molecule has 0 atom stereocenters. The van der Waals surface area contributed by atoms with Gasteiger partial charge in [0.25, 0.3) is 0 Å². The minimum Gasteiger partial charge on any atom is -0.310 e. The lowest BCUT2D eigenvalue weighted by molar-refractivity contribution is 0.589. The van der Waals surface area contributed by atoms with Crippen molar-refractivity contribution in [1.82, 2.24) is 5.32 Å². The third-order valence-electron chi connectivity index (χ3n) is 2.89. The van der Waals surface area contributed by atoms with Crippen molar-refractivity contribution in [1.29, 1.82) is 0 Å². The Balaban J connectivity index is 2.24. The van der Waals surface area contributed by atoms with Gasteiger partial charge in [-0.25, -0.2) is 4.39 Å². The quantitative estimate of drug-likeness (QED) is 0.858. The summed E-state index contributed by atoms with van der Waals surface area (Å²) in [7, 11) is 0. The van der Waals surface area contributed by atoms with E-state index in [9.17, 15) is 4.39 Å². The molecule has 0 aliphatic rings. The minimum absolute atomic E-state index is 0.156. The first-order chi connectivity index (χ1) is 9.06. The molecule has 2 rings (SSSR count). The van der Waals surface area contributed by atoms with Crippen molar-refractivity contribution in [2.24, 2.45) is 0 Å². The maximum absolute atomic E-state index is 13.2. The molecule has 1 N–H and O–H groups in total. The summed E-state index contributed by atoms with van der Waals surface area (Å²) in [4.78, 5) is 0. The lowest BCUT2D eigenvalue weighted by Gasteiger charge is -2.10. The van der Waals surface area contributed by atoms with Gasteiger partial charge in [-0.15, -0.1) is 0 Å². The van der Waals surface area contributed by atoms with Crippen LogP contribution in [0.5, 0.6) is 0 Å². The van der Waals surface area contributed by atoms with Crippen LogP contribution in [0.25, 0.3) is 11.1 Å². The standard InChI is InChI=1S/C16H17ClFN/c1-11(2)19-10-12-4-3-5-13(8-12)14-6-7-16(18)15(17)9-14/h3-9,11,19H,10H2,1-2H3. The molecular weight excluding hydrogens is 261 g/mol. The lowest BCUT2D eigenvalue weighted by atomic mass is 10.0. The van der Waals surface area contributed by atoms with E-state index in [0.29, 0.717) is 6.04 Å². The fourth-order valence-electron chi connectivity index (χ4n) is 1.86. The van der Waals surface area contributed by atoms with E-state index in [1.165, 1.54) is 11.6 Å². The summed E-state index contributed by atoms with van der Waals surface area (Å²) in [6.07, 6.45) is 0. The molecule has 0 amide bonds. The van der Waals surface area contributed by atoms with Gasteiger partial charge < -0.3 is 5.32 Å². The highest BCUT2D eigenvalue weighted by atomic mass is 35.5. The predicted molar refractivity (Wildman–Crippen MR) is 78.8 cm³/mol. The molecule has 3 heteroatoms. The molecule has 2 aromatic carbocycles. The van der Waals surface area contributed by atoms with Gasteiger partial charge >= 0.3 is 0 Å². The van der Waals surface area contributed by atoms with E-state index in [0.717, 1.165) is 17.7 Å². The van der Waals surface area contributed by atoms with Crippen LogP contribution in [0.15, 0.2) is 42.5 Å². The number of benzene rings is 2. The van der Waals surface area contributed by atoms with Crippen molar-refractivity contribution in [3.05, 3.63) is 58.9 Å². The predicted octanol–water partition coefficient (Wildman–Crippen LogP) is 4.64. The van der Waals surface area contributed by atoms with Gasteiger partial charge in [0.15, 0.2) is 0 Å². The molecule has 0 aliphatic carbocycles. The molecule has 0 saturated carbocycles. The number of halogens is 2. The maximum atomic E-state index is 13.2. The Hall–Kier alpha value is -1.38. The van der Waals surface area contributed by atoms with Gasteiger partial charge in [-0.2, -0.15) is 0 Å². The van der Waals surface area contributed by atoms with Crippen molar-refractivity contribution in [2.45, 2.75) is 26.4 Å². The van der Waals surface area contributed by atoms with Crippen LogP contribution < -0.4 is 5.32 Å². The highest BCUT2D eigenvalue weighted by Gasteiger charge is 2.04. The molecule has 0 saturated heterocycles. The molecule has 0 unspecified atom stereocenters. The maximum Gasteiger partial charge on any atom is 0.141 e. The van der Waals surface area contributed by atoms with Crippen molar-refractivity contribution < 1.29 is 4.39 Å². The van der Waals surface area contributed by atoms with Gasteiger partial charge in [-0.1, -0.05) is 49.7 Å². The number of rotatable bonds is 4. The second-order valence-corrected chi connectivity index (χ2v) is 5.27. The summed E-state index contributed by atoms with van der Waals surface area (Å²) >= 11 is 5.82. The first-order valence-corrected chi connectivity index (χ1v) is 6.72. The summed E-state index contributed by atoms with van der Waals surface area (Å²) in [6, 6.07) is 13.4. The zero-order chi connectivity index (χ0) is 13.8. The van der Waals surface area contributed by atoms with Gasteiger partial charge in [0.05, 0.1) is 5.02 Å². The van der Waals surface area contributed by atoms with Crippen molar-refractivity contribution in [3.8, 4) is 11.1 Å². The van der Waals surface area contributed by atoms with Gasteiger partial charge in [0, 0.05) is 12.6 Å². The van der Waals surface area contributed by atoms with E-state index in [1.807, 2.05) is 12.1 Å². The second-order valence-electron chi connectivity index (χ2n) is 4.86. The second kappa shape index (κ2) is 6.18. The van der Waals surface area contributed by atoms with Gasteiger partial charge in [0.1, 0.15) is 5.82 Å².